The fourth-order valence-corrected chi connectivity index (χ4v) is 2.55. The summed E-state index contributed by atoms with van der Waals surface area (Å²) in [5.74, 6) is -1.16. The third-order valence-electron chi connectivity index (χ3n) is 3.86. The van der Waals surface area contributed by atoms with E-state index in [0.717, 1.165) is 19.3 Å². The van der Waals surface area contributed by atoms with E-state index in [0.29, 0.717) is 12.3 Å². The maximum absolute atomic E-state index is 12.2. The van der Waals surface area contributed by atoms with E-state index in [1.165, 1.54) is 12.8 Å². The van der Waals surface area contributed by atoms with Gasteiger partial charge in [0.1, 0.15) is 0 Å². The zero-order valence-electron chi connectivity index (χ0n) is 13.2. The second-order valence-electron chi connectivity index (χ2n) is 6.08. The largest absolute Gasteiger partial charge is 0.462 e. The standard InChI is InChI=1S/C16H28O4/c1-5-12(4)20-16(18)14(15(17)19-11(2)3)10-13-8-6-7-9-13/h11-14H,5-10H2,1-4H3. The molecule has 0 N–H and O–H groups in total. The highest BCUT2D eigenvalue weighted by Gasteiger charge is 2.34. The molecule has 0 saturated heterocycles. The molecule has 0 amide bonds. The van der Waals surface area contributed by atoms with Crippen LogP contribution in [-0.2, 0) is 19.1 Å². The number of hydrogen-bond acceptors (Lipinski definition) is 4. The molecule has 1 fully saturated rings. The summed E-state index contributed by atoms with van der Waals surface area (Å²) in [5.41, 5.74) is 0. The van der Waals surface area contributed by atoms with Crippen molar-refractivity contribution in [3.8, 4) is 0 Å². The normalized spacial score (nSPS) is 18.9. The molecule has 0 aliphatic heterocycles. The third kappa shape index (κ3) is 5.51. The van der Waals surface area contributed by atoms with Crippen molar-refractivity contribution in [3.05, 3.63) is 0 Å². The molecular formula is C16H28O4. The monoisotopic (exact) mass is 284 g/mol. The van der Waals surface area contributed by atoms with Crippen molar-refractivity contribution in [2.45, 2.75) is 78.4 Å². The van der Waals surface area contributed by atoms with Gasteiger partial charge in [0, 0.05) is 0 Å². The number of esters is 2. The lowest BCUT2D eigenvalue weighted by Gasteiger charge is -2.21. The highest BCUT2D eigenvalue weighted by Crippen LogP contribution is 2.31. The highest BCUT2D eigenvalue weighted by molar-refractivity contribution is 5.95. The molecule has 0 radical (unpaired) electrons. The molecule has 0 heterocycles. The summed E-state index contributed by atoms with van der Waals surface area (Å²) in [6, 6.07) is 0. The molecule has 116 valence electrons. The third-order valence-corrected chi connectivity index (χ3v) is 3.86. The Hall–Kier alpha value is -1.06. The molecule has 2 atom stereocenters. The van der Waals surface area contributed by atoms with Gasteiger partial charge in [-0.05, 0) is 39.5 Å². The summed E-state index contributed by atoms with van der Waals surface area (Å²) in [6.07, 6.45) is 5.55. The number of rotatable bonds is 7. The van der Waals surface area contributed by atoms with Crippen LogP contribution in [0.1, 0.15) is 66.2 Å². The van der Waals surface area contributed by atoms with Gasteiger partial charge in [0.25, 0.3) is 0 Å². The van der Waals surface area contributed by atoms with Crippen molar-refractivity contribution < 1.29 is 19.1 Å². The lowest BCUT2D eigenvalue weighted by atomic mass is 9.93. The molecule has 0 aromatic rings. The molecule has 4 heteroatoms. The van der Waals surface area contributed by atoms with E-state index in [4.69, 9.17) is 9.47 Å². The maximum atomic E-state index is 12.2. The molecular weight excluding hydrogens is 256 g/mol. The molecule has 1 aliphatic rings. The van der Waals surface area contributed by atoms with Gasteiger partial charge >= 0.3 is 11.9 Å². The summed E-state index contributed by atoms with van der Waals surface area (Å²) in [5, 5.41) is 0. The van der Waals surface area contributed by atoms with Gasteiger partial charge in [0.15, 0.2) is 5.92 Å². The van der Waals surface area contributed by atoms with E-state index in [2.05, 4.69) is 0 Å². The minimum absolute atomic E-state index is 0.152. The maximum Gasteiger partial charge on any atom is 0.320 e. The Labute approximate surface area is 122 Å². The number of hydrogen-bond donors (Lipinski definition) is 0. The molecule has 4 nitrogen and oxygen atoms in total. The van der Waals surface area contributed by atoms with Gasteiger partial charge in [-0.15, -0.1) is 0 Å². The van der Waals surface area contributed by atoms with Crippen molar-refractivity contribution in [2.75, 3.05) is 0 Å². The summed E-state index contributed by atoms with van der Waals surface area (Å²) in [7, 11) is 0. The van der Waals surface area contributed by atoms with Crippen LogP contribution in [0, 0.1) is 11.8 Å². The molecule has 20 heavy (non-hydrogen) atoms. The van der Waals surface area contributed by atoms with Crippen LogP contribution in [-0.4, -0.2) is 24.1 Å². The Kier molecular flexibility index (Phi) is 7.03. The highest BCUT2D eigenvalue weighted by atomic mass is 16.6. The first-order chi connectivity index (χ1) is 9.43. The van der Waals surface area contributed by atoms with Crippen LogP contribution in [0.3, 0.4) is 0 Å². The van der Waals surface area contributed by atoms with E-state index in [1.807, 2.05) is 13.8 Å². The fraction of sp³-hybridized carbons (Fsp3) is 0.875. The number of carbonyl (C=O) groups excluding carboxylic acids is 2. The first-order valence-corrected chi connectivity index (χ1v) is 7.85. The van der Waals surface area contributed by atoms with Crippen LogP contribution in [0.5, 0.6) is 0 Å². The zero-order chi connectivity index (χ0) is 15.1. The van der Waals surface area contributed by atoms with E-state index in [-0.39, 0.29) is 12.2 Å². The minimum Gasteiger partial charge on any atom is -0.462 e. The van der Waals surface area contributed by atoms with E-state index in [1.54, 1.807) is 13.8 Å². The molecule has 1 rings (SSSR count). The lowest BCUT2D eigenvalue weighted by molar-refractivity contribution is -0.167. The van der Waals surface area contributed by atoms with Gasteiger partial charge in [-0.3, -0.25) is 9.59 Å². The SMILES string of the molecule is CCC(C)OC(=O)C(CC1CCCC1)C(=O)OC(C)C. The summed E-state index contributed by atoms with van der Waals surface area (Å²) >= 11 is 0. The molecule has 0 bridgehead atoms. The summed E-state index contributed by atoms with van der Waals surface area (Å²) in [4.78, 5) is 24.3. The van der Waals surface area contributed by atoms with Crippen molar-refractivity contribution in [2.24, 2.45) is 11.8 Å². The van der Waals surface area contributed by atoms with Crippen molar-refractivity contribution >= 4 is 11.9 Å². The minimum atomic E-state index is -0.755. The summed E-state index contributed by atoms with van der Waals surface area (Å²) < 4.78 is 10.6. The lowest BCUT2D eigenvalue weighted by Crippen LogP contribution is -2.32. The van der Waals surface area contributed by atoms with Gasteiger partial charge < -0.3 is 9.47 Å². The summed E-state index contributed by atoms with van der Waals surface area (Å²) in [6.45, 7) is 7.39. The first kappa shape index (κ1) is 17.0. The molecule has 0 aromatic heterocycles. The van der Waals surface area contributed by atoms with Crippen LogP contribution in [0.25, 0.3) is 0 Å². The van der Waals surface area contributed by atoms with Crippen LogP contribution in [0.2, 0.25) is 0 Å². The van der Waals surface area contributed by atoms with E-state index < -0.39 is 17.9 Å². The van der Waals surface area contributed by atoms with Gasteiger partial charge in [0.05, 0.1) is 12.2 Å². The van der Waals surface area contributed by atoms with Crippen molar-refractivity contribution in [3.63, 3.8) is 0 Å². The fourth-order valence-electron chi connectivity index (χ4n) is 2.55. The average Bonchev–Trinajstić information content (AvgIpc) is 2.87. The first-order valence-electron chi connectivity index (χ1n) is 7.85. The zero-order valence-corrected chi connectivity index (χ0v) is 13.2. The van der Waals surface area contributed by atoms with Crippen LogP contribution in [0.15, 0.2) is 0 Å². The Morgan fingerprint density at radius 2 is 1.60 bits per heavy atom. The Bertz CT molecular complexity index is 318. The molecule has 0 aromatic carbocycles. The quantitative estimate of drug-likeness (QED) is 0.530. The predicted molar refractivity (Wildman–Crippen MR) is 77.1 cm³/mol. The van der Waals surface area contributed by atoms with Gasteiger partial charge in [-0.25, -0.2) is 0 Å². The Balaban J connectivity index is 2.66. The molecule has 2 unspecified atom stereocenters. The second kappa shape index (κ2) is 8.28. The Morgan fingerprint density at radius 1 is 1.05 bits per heavy atom. The van der Waals surface area contributed by atoms with Crippen molar-refractivity contribution in [1.29, 1.82) is 0 Å². The predicted octanol–water partition coefficient (Wildman–Crippen LogP) is 3.48. The average molecular weight is 284 g/mol. The van der Waals surface area contributed by atoms with E-state index >= 15 is 0 Å². The van der Waals surface area contributed by atoms with Gasteiger partial charge in [-0.1, -0.05) is 32.6 Å². The number of ether oxygens (including phenoxy) is 2. The second-order valence-corrected chi connectivity index (χ2v) is 6.08. The molecule has 0 spiro atoms. The van der Waals surface area contributed by atoms with Crippen molar-refractivity contribution in [1.82, 2.24) is 0 Å². The molecule has 1 aliphatic carbocycles. The van der Waals surface area contributed by atoms with Gasteiger partial charge in [0.2, 0.25) is 0 Å². The Morgan fingerprint density at radius 3 is 2.10 bits per heavy atom. The number of carbonyl (C=O) groups is 2. The van der Waals surface area contributed by atoms with Gasteiger partial charge in [-0.2, -0.15) is 0 Å². The topological polar surface area (TPSA) is 52.6 Å². The van der Waals surface area contributed by atoms with Crippen LogP contribution >= 0.6 is 0 Å². The van der Waals surface area contributed by atoms with Crippen LogP contribution in [0.4, 0.5) is 0 Å². The smallest absolute Gasteiger partial charge is 0.320 e. The van der Waals surface area contributed by atoms with Crippen LogP contribution < -0.4 is 0 Å². The molecule has 1 saturated carbocycles. The van der Waals surface area contributed by atoms with E-state index in [9.17, 15) is 9.59 Å².